The number of benzene rings is 1. The summed E-state index contributed by atoms with van der Waals surface area (Å²) in [6.45, 7) is 1.01. The van der Waals surface area contributed by atoms with E-state index in [1.807, 2.05) is 0 Å². The average Bonchev–Trinajstić information content (AvgIpc) is 2.50. The second-order valence-corrected chi connectivity index (χ2v) is 5.86. The zero-order valence-electron chi connectivity index (χ0n) is 11.8. The Hall–Kier alpha value is -1.59. The van der Waals surface area contributed by atoms with Crippen molar-refractivity contribution in [2.24, 2.45) is 0 Å². The zero-order chi connectivity index (χ0) is 16.4. The number of aliphatic hydroxyl groups is 1. The van der Waals surface area contributed by atoms with Crippen molar-refractivity contribution in [3.8, 4) is 0 Å². The van der Waals surface area contributed by atoms with Gasteiger partial charge in [-0.3, -0.25) is 10.1 Å². The van der Waals surface area contributed by atoms with E-state index >= 15 is 0 Å². The van der Waals surface area contributed by atoms with Gasteiger partial charge in [0.05, 0.1) is 42.9 Å². The van der Waals surface area contributed by atoms with E-state index in [9.17, 15) is 18.5 Å². The Morgan fingerprint density at radius 1 is 1.09 bits per heavy atom. The van der Waals surface area contributed by atoms with E-state index in [-0.39, 0.29) is 36.9 Å². The molecule has 0 aliphatic heterocycles. The van der Waals surface area contributed by atoms with Gasteiger partial charge in [-0.25, -0.2) is 13.1 Å². The van der Waals surface area contributed by atoms with Crippen LogP contribution in [-0.4, -0.2) is 58.0 Å². The lowest BCUT2D eigenvalue weighted by Crippen LogP contribution is -2.27. The number of hydrogen-bond donors (Lipinski definition) is 2. The maximum Gasteiger partial charge on any atom is 0.269 e. The average molecular weight is 334 g/mol. The Bertz CT molecular complexity index is 559. The van der Waals surface area contributed by atoms with Crippen LogP contribution in [0.2, 0.25) is 0 Å². The van der Waals surface area contributed by atoms with Gasteiger partial charge in [-0.05, 0) is 12.1 Å². The molecule has 22 heavy (non-hydrogen) atoms. The van der Waals surface area contributed by atoms with Gasteiger partial charge < -0.3 is 14.6 Å². The minimum Gasteiger partial charge on any atom is -0.394 e. The molecule has 0 saturated carbocycles. The maximum absolute atomic E-state index is 11.9. The molecule has 0 aliphatic rings. The molecule has 0 heterocycles. The molecule has 0 fully saturated rings. The highest BCUT2D eigenvalue weighted by Crippen LogP contribution is 2.15. The van der Waals surface area contributed by atoms with Crippen LogP contribution in [0, 0.1) is 10.1 Å². The molecule has 1 rings (SSSR count). The molecule has 0 atom stereocenters. The van der Waals surface area contributed by atoms with Crippen molar-refractivity contribution in [1.82, 2.24) is 4.72 Å². The number of ether oxygens (including phenoxy) is 2. The lowest BCUT2D eigenvalue weighted by Gasteiger charge is -2.07. The van der Waals surface area contributed by atoms with Gasteiger partial charge in [0.15, 0.2) is 0 Å². The predicted molar refractivity (Wildman–Crippen MR) is 77.0 cm³/mol. The van der Waals surface area contributed by atoms with E-state index in [4.69, 9.17) is 14.6 Å². The molecular formula is C12H18N2O7S. The summed E-state index contributed by atoms with van der Waals surface area (Å²) in [5, 5.41) is 19.0. The van der Waals surface area contributed by atoms with E-state index in [1.165, 1.54) is 12.1 Å². The summed E-state index contributed by atoms with van der Waals surface area (Å²) in [6, 6.07) is 4.60. The minimum atomic E-state index is -3.72. The number of rotatable bonds is 11. The monoisotopic (exact) mass is 334 g/mol. The summed E-state index contributed by atoms with van der Waals surface area (Å²) in [6.07, 6.45) is 0. The van der Waals surface area contributed by atoms with Crippen molar-refractivity contribution < 1.29 is 27.9 Å². The van der Waals surface area contributed by atoms with Crippen LogP contribution in [0.25, 0.3) is 0 Å². The van der Waals surface area contributed by atoms with Gasteiger partial charge in [0.2, 0.25) is 10.0 Å². The maximum atomic E-state index is 11.9. The smallest absolute Gasteiger partial charge is 0.269 e. The molecule has 0 bridgehead atoms. The number of nitrogens with zero attached hydrogens (tertiary/aromatic N) is 1. The molecule has 0 radical (unpaired) electrons. The van der Waals surface area contributed by atoms with Gasteiger partial charge in [-0.2, -0.15) is 0 Å². The van der Waals surface area contributed by atoms with E-state index in [0.717, 1.165) is 12.1 Å². The highest BCUT2D eigenvalue weighted by atomic mass is 32.2. The number of hydrogen-bond acceptors (Lipinski definition) is 7. The molecule has 0 aromatic heterocycles. The molecule has 0 amide bonds. The topological polar surface area (TPSA) is 128 Å². The second-order valence-electron chi connectivity index (χ2n) is 4.10. The number of aliphatic hydroxyl groups excluding tert-OH is 1. The van der Waals surface area contributed by atoms with Crippen molar-refractivity contribution in [2.45, 2.75) is 4.90 Å². The highest BCUT2D eigenvalue weighted by Gasteiger charge is 2.15. The SMILES string of the molecule is O=[N+]([O-])c1ccc(S(=O)(=O)NCCOCCOCCO)cc1. The largest absolute Gasteiger partial charge is 0.394 e. The molecule has 0 aliphatic carbocycles. The lowest BCUT2D eigenvalue weighted by atomic mass is 10.3. The van der Waals surface area contributed by atoms with Gasteiger partial charge in [-0.1, -0.05) is 0 Å². The van der Waals surface area contributed by atoms with Crippen LogP contribution >= 0.6 is 0 Å². The Balaban J connectivity index is 2.33. The van der Waals surface area contributed by atoms with Gasteiger partial charge in [0, 0.05) is 18.7 Å². The van der Waals surface area contributed by atoms with Crippen LogP contribution in [0.1, 0.15) is 0 Å². The van der Waals surface area contributed by atoms with Crippen LogP contribution < -0.4 is 4.72 Å². The number of sulfonamides is 1. The normalized spacial score (nSPS) is 11.5. The fourth-order valence-electron chi connectivity index (χ4n) is 1.47. The first-order chi connectivity index (χ1) is 10.5. The molecule has 2 N–H and O–H groups in total. The van der Waals surface area contributed by atoms with Gasteiger partial charge >= 0.3 is 0 Å². The molecule has 0 saturated heterocycles. The number of nitro groups is 1. The van der Waals surface area contributed by atoms with E-state index in [0.29, 0.717) is 13.2 Å². The summed E-state index contributed by atoms with van der Waals surface area (Å²) in [5.41, 5.74) is -0.176. The number of nitro benzene ring substituents is 1. The third-order valence-corrected chi connectivity index (χ3v) is 3.98. The summed E-state index contributed by atoms with van der Waals surface area (Å²) < 4.78 is 36.2. The van der Waals surface area contributed by atoms with Crippen LogP contribution in [0.3, 0.4) is 0 Å². The van der Waals surface area contributed by atoms with E-state index in [1.54, 1.807) is 0 Å². The lowest BCUT2D eigenvalue weighted by molar-refractivity contribution is -0.384. The zero-order valence-corrected chi connectivity index (χ0v) is 12.6. The highest BCUT2D eigenvalue weighted by molar-refractivity contribution is 7.89. The molecule has 124 valence electrons. The van der Waals surface area contributed by atoms with E-state index < -0.39 is 14.9 Å². The van der Waals surface area contributed by atoms with E-state index in [2.05, 4.69) is 4.72 Å². The van der Waals surface area contributed by atoms with Gasteiger partial charge in [0.25, 0.3) is 5.69 Å². The van der Waals surface area contributed by atoms with Crippen LogP contribution in [0.15, 0.2) is 29.2 Å². The number of non-ortho nitro benzene ring substituents is 1. The predicted octanol–water partition coefficient (Wildman–Crippen LogP) is -0.101. The van der Waals surface area contributed by atoms with Crippen molar-refractivity contribution in [2.75, 3.05) is 39.6 Å². The molecule has 1 aromatic carbocycles. The molecular weight excluding hydrogens is 316 g/mol. The summed E-state index contributed by atoms with van der Waals surface area (Å²) in [4.78, 5) is 9.85. The Morgan fingerprint density at radius 3 is 2.23 bits per heavy atom. The summed E-state index contributed by atoms with van der Waals surface area (Å²) in [5.74, 6) is 0. The van der Waals surface area contributed by atoms with Crippen molar-refractivity contribution in [3.63, 3.8) is 0 Å². The third kappa shape index (κ3) is 6.45. The molecule has 0 spiro atoms. The summed E-state index contributed by atoms with van der Waals surface area (Å²) >= 11 is 0. The van der Waals surface area contributed by atoms with Crippen LogP contribution in [-0.2, 0) is 19.5 Å². The quantitative estimate of drug-likeness (QED) is 0.328. The van der Waals surface area contributed by atoms with Crippen molar-refractivity contribution in [1.29, 1.82) is 0 Å². The van der Waals surface area contributed by atoms with Crippen molar-refractivity contribution >= 4 is 15.7 Å². The minimum absolute atomic E-state index is 0.0515. The fraction of sp³-hybridized carbons (Fsp3) is 0.500. The molecule has 0 unspecified atom stereocenters. The first-order valence-electron chi connectivity index (χ1n) is 6.48. The molecule has 9 nitrogen and oxygen atoms in total. The molecule has 1 aromatic rings. The Labute approximate surface area is 128 Å². The Morgan fingerprint density at radius 2 is 1.68 bits per heavy atom. The first kappa shape index (κ1) is 18.5. The van der Waals surface area contributed by atoms with Crippen molar-refractivity contribution in [3.05, 3.63) is 34.4 Å². The molecule has 10 heteroatoms. The van der Waals surface area contributed by atoms with Crippen LogP contribution in [0.4, 0.5) is 5.69 Å². The standard InChI is InChI=1S/C12H18N2O7S/c15-6-8-21-10-9-20-7-5-13-22(18,19)12-3-1-11(2-4-12)14(16)17/h1-4,13,15H,5-10H2. The van der Waals surface area contributed by atoms with Gasteiger partial charge in [0.1, 0.15) is 0 Å². The second kappa shape index (κ2) is 9.43. The first-order valence-corrected chi connectivity index (χ1v) is 7.96. The fourth-order valence-corrected chi connectivity index (χ4v) is 2.48. The number of nitrogens with one attached hydrogen (secondary N) is 1. The summed E-state index contributed by atoms with van der Waals surface area (Å²) in [7, 11) is -3.72. The van der Waals surface area contributed by atoms with Gasteiger partial charge in [-0.15, -0.1) is 0 Å². The van der Waals surface area contributed by atoms with Crippen LogP contribution in [0.5, 0.6) is 0 Å². The Kier molecular flexibility index (Phi) is 7.91. The third-order valence-electron chi connectivity index (χ3n) is 2.50.